The quantitative estimate of drug-likeness (QED) is 0.450. The lowest BCUT2D eigenvalue weighted by Gasteiger charge is -2.40. The molecule has 4 aromatic rings. The number of aryl methyl sites for hydroxylation is 2. The van der Waals surface area contributed by atoms with E-state index in [1.54, 1.807) is 24.6 Å². The zero-order valence-electron chi connectivity index (χ0n) is 20.3. The van der Waals surface area contributed by atoms with Gasteiger partial charge in [0.25, 0.3) is 0 Å². The molecule has 2 N–H and O–H groups in total. The average Bonchev–Trinajstić information content (AvgIpc) is 3.30. The molecule has 1 saturated heterocycles. The maximum absolute atomic E-state index is 6.61. The number of hydrogen-bond donors (Lipinski definition) is 1. The van der Waals surface area contributed by atoms with Gasteiger partial charge in [-0.25, -0.2) is 24.9 Å². The van der Waals surface area contributed by atoms with Crippen LogP contribution in [0, 0.1) is 13.8 Å². The third kappa shape index (κ3) is 4.36. The second kappa shape index (κ2) is 9.65. The van der Waals surface area contributed by atoms with Crippen LogP contribution in [0.3, 0.4) is 0 Å². The molecule has 1 aromatic carbocycles. The van der Waals surface area contributed by atoms with E-state index in [2.05, 4.69) is 43.9 Å². The van der Waals surface area contributed by atoms with E-state index < -0.39 is 0 Å². The predicted octanol–water partition coefficient (Wildman–Crippen LogP) is 3.65. The summed E-state index contributed by atoms with van der Waals surface area (Å²) in [5.41, 5.74) is 14.6. The highest BCUT2D eigenvalue weighted by Crippen LogP contribution is 2.38. The standard InChI is InChI=1S/C25H28N8OS/c1-15-21(17-7-5-6-8-19(17)33-10-9-32(3)20(12-33)34-4)24(26)31-25(30-15)22-18(11-27-13-28-22)23-16(2)29-14-35-23/h5-8,11,13-14,20H,9-10,12H2,1-4H3,(H2,26,30,31). The Kier molecular flexibility index (Phi) is 6.42. The van der Waals surface area contributed by atoms with Gasteiger partial charge < -0.3 is 15.4 Å². The Hall–Kier alpha value is -3.47. The summed E-state index contributed by atoms with van der Waals surface area (Å²) in [6.07, 6.45) is 3.31. The Bertz CT molecular complexity index is 1330. The summed E-state index contributed by atoms with van der Waals surface area (Å²) in [4.78, 5) is 28.2. The molecule has 35 heavy (non-hydrogen) atoms. The number of rotatable bonds is 5. The molecule has 1 aliphatic heterocycles. The van der Waals surface area contributed by atoms with E-state index in [-0.39, 0.29) is 6.23 Å². The molecule has 0 bridgehead atoms. The summed E-state index contributed by atoms with van der Waals surface area (Å²) in [5, 5.41) is 0. The number of para-hydroxylation sites is 1. The van der Waals surface area contributed by atoms with Crippen molar-refractivity contribution in [3.63, 3.8) is 0 Å². The van der Waals surface area contributed by atoms with Gasteiger partial charge in [0.15, 0.2) is 5.82 Å². The molecular formula is C25H28N8OS. The molecule has 3 aromatic heterocycles. The molecule has 9 nitrogen and oxygen atoms in total. The van der Waals surface area contributed by atoms with Gasteiger partial charge >= 0.3 is 0 Å². The van der Waals surface area contributed by atoms with E-state index in [1.165, 1.54) is 6.33 Å². The van der Waals surface area contributed by atoms with Gasteiger partial charge in [-0.3, -0.25) is 4.90 Å². The van der Waals surface area contributed by atoms with Crippen LogP contribution in [0.5, 0.6) is 0 Å². The van der Waals surface area contributed by atoms with Crippen molar-refractivity contribution in [2.45, 2.75) is 20.1 Å². The van der Waals surface area contributed by atoms with Crippen LogP contribution in [0.4, 0.5) is 11.5 Å². The Morgan fingerprint density at radius 3 is 2.63 bits per heavy atom. The van der Waals surface area contributed by atoms with E-state index in [1.807, 2.05) is 31.5 Å². The van der Waals surface area contributed by atoms with E-state index >= 15 is 0 Å². The first-order valence-corrected chi connectivity index (χ1v) is 12.3. The van der Waals surface area contributed by atoms with Crippen molar-refractivity contribution in [1.82, 2.24) is 29.8 Å². The monoisotopic (exact) mass is 488 g/mol. The lowest BCUT2D eigenvalue weighted by Crippen LogP contribution is -2.52. The zero-order valence-corrected chi connectivity index (χ0v) is 21.1. The highest BCUT2D eigenvalue weighted by atomic mass is 32.1. The number of piperazine rings is 1. The highest BCUT2D eigenvalue weighted by molar-refractivity contribution is 7.13. The Morgan fingerprint density at radius 2 is 1.89 bits per heavy atom. The fourth-order valence-corrected chi connectivity index (χ4v) is 5.36. The summed E-state index contributed by atoms with van der Waals surface area (Å²) < 4.78 is 5.68. The van der Waals surface area contributed by atoms with Gasteiger partial charge in [0, 0.05) is 48.8 Å². The zero-order chi connectivity index (χ0) is 24.5. The third-order valence-electron chi connectivity index (χ3n) is 6.41. The molecule has 0 saturated carbocycles. The number of likely N-dealkylation sites (N-methyl/N-ethyl adjacent to an activating group) is 1. The van der Waals surface area contributed by atoms with E-state index in [0.29, 0.717) is 17.3 Å². The summed E-state index contributed by atoms with van der Waals surface area (Å²) in [5.74, 6) is 0.897. The first-order chi connectivity index (χ1) is 17.0. The topological polar surface area (TPSA) is 106 Å². The first kappa shape index (κ1) is 23.3. The van der Waals surface area contributed by atoms with Crippen molar-refractivity contribution >= 4 is 22.8 Å². The number of nitrogens with zero attached hydrogens (tertiary/aromatic N) is 7. The van der Waals surface area contributed by atoms with Crippen molar-refractivity contribution in [3.05, 3.63) is 53.7 Å². The van der Waals surface area contributed by atoms with Crippen molar-refractivity contribution in [2.75, 3.05) is 44.4 Å². The number of methoxy groups -OCH3 is 1. The molecule has 10 heteroatoms. The summed E-state index contributed by atoms with van der Waals surface area (Å²) >= 11 is 1.54. The van der Waals surface area contributed by atoms with Crippen LogP contribution in [0.1, 0.15) is 11.4 Å². The second-order valence-corrected chi connectivity index (χ2v) is 9.43. The molecular weight excluding hydrogens is 460 g/mol. The van der Waals surface area contributed by atoms with Gasteiger partial charge in [-0.2, -0.15) is 0 Å². The number of benzene rings is 1. The number of ether oxygens (including phenoxy) is 1. The van der Waals surface area contributed by atoms with Gasteiger partial charge in [-0.1, -0.05) is 18.2 Å². The molecule has 1 atom stereocenters. The van der Waals surface area contributed by atoms with Gasteiger partial charge in [-0.05, 0) is 27.0 Å². The minimum absolute atomic E-state index is 0.0280. The van der Waals surface area contributed by atoms with Crippen LogP contribution in [-0.4, -0.2) is 69.8 Å². The average molecular weight is 489 g/mol. The van der Waals surface area contributed by atoms with Crippen LogP contribution >= 0.6 is 11.3 Å². The number of anilines is 2. The van der Waals surface area contributed by atoms with Gasteiger partial charge in [0.1, 0.15) is 24.1 Å². The molecule has 0 radical (unpaired) electrons. The third-order valence-corrected chi connectivity index (χ3v) is 7.37. The highest BCUT2D eigenvalue weighted by Gasteiger charge is 2.27. The minimum atomic E-state index is 0.0280. The molecule has 0 amide bonds. The Morgan fingerprint density at radius 1 is 1.06 bits per heavy atom. The van der Waals surface area contributed by atoms with Crippen LogP contribution in [0.2, 0.25) is 0 Å². The lowest BCUT2D eigenvalue weighted by molar-refractivity contribution is -0.0224. The molecule has 1 unspecified atom stereocenters. The van der Waals surface area contributed by atoms with Crippen LogP contribution in [0.25, 0.3) is 33.1 Å². The molecule has 0 aliphatic carbocycles. The number of thiazole rings is 1. The Labute approximate surface area is 208 Å². The molecule has 4 heterocycles. The van der Waals surface area contributed by atoms with Crippen LogP contribution < -0.4 is 10.6 Å². The van der Waals surface area contributed by atoms with E-state index in [0.717, 1.165) is 58.3 Å². The fourth-order valence-electron chi connectivity index (χ4n) is 4.54. The molecule has 5 rings (SSSR count). The maximum Gasteiger partial charge on any atom is 0.181 e. The normalized spacial score (nSPS) is 16.6. The lowest BCUT2D eigenvalue weighted by atomic mass is 10.0. The molecule has 0 spiro atoms. The van der Waals surface area contributed by atoms with Crippen LogP contribution in [-0.2, 0) is 4.74 Å². The van der Waals surface area contributed by atoms with Crippen molar-refractivity contribution in [3.8, 4) is 33.1 Å². The Balaban J connectivity index is 1.57. The van der Waals surface area contributed by atoms with E-state index in [4.69, 9.17) is 20.4 Å². The predicted molar refractivity (Wildman–Crippen MR) is 139 cm³/mol. The molecule has 180 valence electrons. The van der Waals surface area contributed by atoms with Crippen LogP contribution in [0.15, 0.2) is 42.3 Å². The van der Waals surface area contributed by atoms with Crippen molar-refractivity contribution < 1.29 is 4.74 Å². The second-order valence-electron chi connectivity index (χ2n) is 8.58. The summed E-state index contributed by atoms with van der Waals surface area (Å²) in [6, 6.07) is 8.26. The van der Waals surface area contributed by atoms with Crippen molar-refractivity contribution in [1.29, 1.82) is 0 Å². The van der Waals surface area contributed by atoms with Gasteiger partial charge in [0.05, 0.1) is 28.3 Å². The van der Waals surface area contributed by atoms with E-state index in [9.17, 15) is 0 Å². The maximum atomic E-state index is 6.61. The smallest absolute Gasteiger partial charge is 0.181 e. The number of nitrogens with two attached hydrogens (primary N) is 1. The number of aromatic nitrogens is 5. The first-order valence-electron chi connectivity index (χ1n) is 11.4. The largest absolute Gasteiger partial charge is 0.383 e. The van der Waals surface area contributed by atoms with Gasteiger partial charge in [-0.15, -0.1) is 11.3 Å². The molecule has 1 fully saturated rings. The fraction of sp³-hybridized carbons (Fsp3) is 0.320. The minimum Gasteiger partial charge on any atom is -0.383 e. The molecule has 1 aliphatic rings. The summed E-state index contributed by atoms with van der Waals surface area (Å²) in [7, 11) is 3.83. The number of nitrogen functional groups attached to an aromatic ring is 1. The van der Waals surface area contributed by atoms with Crippen molar-refractivity contribution in [2.24, 2.45) is 0 Å². The van der Waals surface area contributed by atoms with Gasteiger partial charge in [0.2, 0.25) is 0 Å². The SMILES string of the molecule is COC1CN(c2ccccc2-c2c(C)nc(-c3ncncc3-c3scnc3C)nc2N)CCN1C. The summed E-state index contributed by atoms with van der Waals surface area (Å²) in [6.45, 7) is 6.50. The number of hydrogen-bond acceptors (Lipinski definition) is 10.